The van der Waals surface area contributed by atoms with Crippen LogP contribution in [0, 0.1) is 6.92 Å². The first-order valence-electron chi connectivity index (χ1n) is 7.45. The summed E-state index contributed by atoms with van der Waals surface area (Å²) < 4.78 is 31.1. The second-order valence-electron chi connectivity index (χ2n) is 5.48. The van der Waals surface area contributed by atoms with Crippen molar-refractivity contribution >= 4 is 16.7 Å². The summed E-state index contributed by atoms with van der Waals surface area (Å²) in [6.07, 6.45) is -1.16. The van der Waals surface area contributed by atoms with Crippen molar-refractivity contribution in [2.75, 3.05) is 6.61 Å². The summed E-state index contributed by atoms with van der Waals surface area (Å²) in [6.45, 7) is 0.868. The molecule has 0 aliphatic rings. The van der Waals surface area contributed by atoms with Crippen LogP contribution < -0.4 is 4.74 Å². The Labute approximate surface area is 141 Å². The monoisotopic (exact) mass is 347 g/mol. The molecule has 0 aliphatic heterocycles. The standard InChI is InChI=1S/C17H15F2N3O3/c1-9-15(17(24)22(2)21-9)16(23)10-3-4-12-11(7-10)13(5-6-20-12)25-8-14(18)19/h3-7,14,24H,8H2,1-2H3. The van der Waals surface area contributed by atoms with Gasteiger partial charge in [-0.1, -0.05) is 0 Å². The van der Waals surface area contributed by atoms with Crippen molar-refractivity contribution in [1.29, 1.82) is 0 Å². The molecule has 130 valence electrons. The number of ketones is 1. The number of aromatic hydroxyl groups is 1. The second kappa shape index (κ2) is 6.46. The fourth-order valence-corrected chi connectivity index (χ4v) is 2.60. The molecule has 0 saturated heterocycles. The average Bonchev–Trinajstić information content (AvgIpc) is 2.84. The predicted molar refractivity (Wildman–Crippen MR) is 86.3 cm³/mol. The molecule has 0 amide bonds. The lowest BCUT2D eigenvalue weighted by atomic mass is 10.0. The lowest BCUT2D eigenvalue weighted by Crippen LogP contribution is -2.08. The number of benzene rings is 1. The van der Waals surface area contributed by atoms with E-state index in [-0.39, 0.29) is 22.8 Å². The van der Waals surface area contributed by atoms with Crippen LogP contribution in [0.5, 0.6) is 11.6 Å². The van der Waals surface area contributed by atoms with E-state index in [1.54, 1.807) is 19.1 Å². The summed E-state index contributed by atoms with van der Waals surface area (Å²) in [7, 11) is 1.53. The number of aryl methyl sites for hydroxylation is 2. The van der Waals surface area contributed by atoms with Gasteiger partial charge in [0.25, 0.3) is 6.43 Å². The molecule has 1 N–H and O–H groups in total. The maximum atomic E-state index is 12.7. The van der Waals surface area contributed by atoms with Gasteiger partial charge in [-0.25, -0.2) is 13.5 Å². The van der Waals surface area contributed by atoms with Crippen molar-refractivity contribution in [3.05, 3.63) is 47.3 Å². The highest BCUT2D eigenvalue weighted by Gasteiger charge is 2.22. The highest BCUT2D eigenvalue weighted by Crippen LogP contribution is 2.28. The average molecular weight is 347 g/mol. The number of pyridine rings is 1. The Morgan fingerprint density at radius 2 is 2.12 bits per heavy atom. The topological polar surface area (TPSA) is 77.2 Å². The summed E-state index contributed by atoms with van der Waals surface area (Å²) in [5, 5.41) is 14.5. The summed E-state index contributed by atoms with van der Waals surface area (Å²) in [4.78, 5) is 16.9. The molecule has 0 fully saturated rings. The van der Waals surface area contributed by atoms with Crippen LogP contribution in [0.25, 0.3) is 10.9 Å². The molecule has 0 radical (unpaired) electrons. The van der Waals surface area contributed by atoms with Gasteiger partial charge >= 0.3 is 0 Å². The Balaban J connectivity index is 2.05. The van der Waals surface area contributed by atoms with E-state index in [9.17, 15) is 18.7 Å². The molecule has 0 unspecified atom stereocenters. The van der Waals surface area contributed by atoms with E-state index < -0.39 is 18.8 Å². The van der Waals surface area contributed by atoms with Gasteiger partial charge in [-0.2, -0.15) is 5.10 Å². The quantitative estimate of drug-likeness (QED) is 0.718. The van der Waals surface area contributed by atoms with Crippen molar-refractivity contribution in [3.8, 4) is 11.6 Å². The Kier molecular flexibility index (Phi) is 4.35. The molecule has 3 aromatic rings. The molecule has 25 heavy (non-hydrogen) atoms. The van der Waals surface area contributed by atoms with Gasteiger partial charge in [0.05, 0.1) is 11.2 Å². The molecule has 6 nitrogen and oxygen atoms in total. The van der Waals surface area contributed by atoms with Gasteiger partial charge in [-0.05, 0) is 31.2 Å². The summed E-state index contributed by atoms with van der Waals surface area (Å²) in [5.41, 5.74) is 1.27. The van der Waals surface area contributed by atoms with E-state index in [0.29, 0.717) is 16.6 Å². The number of rotatable bonds is 5. The lowest BCUT2D eigenvalue weighted by molar-refractivity contribution is 0.0826. The summed E-state index contributed by atoms with van der Waals surface area (Å²) >= 11 is 0. The number of halogens is 2. The molecule has 3 rings (SSSR count). The number of alkyl halides is 2. The molecule has 0 bridgehead atoms. The zero-order valence-electron chi connectivity index (χ0n) is 13.5. The number of carbonyl (C=O) groups is 1. The third-order valence-corrected chi connectivity index (χ3v) is 3.75. The van der Waals surface area contributed by atoms with Gasteiger partial charge in [0, 0.05) is 24.2 Å². The van der Waals surface area contributed by atoms with Crippen LogP contribution in [-0.4, -0.2) is 38.7 Å². The van der Waals surface area contributed by atoms with Crippen LogP contribution in [-0.2, 0) is 7.05 Å². The number of aromatic nitrogens is 3. The van der Waals surface area contributed by atoms with Crippen molar-refractivity contribution < 1.29 is 23.4 Å². The second-order valence-corrected chi connectivity index (χ2v) is 5.48. The van der Waals surface area contributed by atoms with Crippen LogP contribution in [0.3, 0.4) is 0 Å². The summed E-state index contributed by atoms with van der Waals surface area (Å²) in [5.74, 6) is -0.441. The normalized spacial score (nSPS) is 11.2. The number of hydrogen-bond acceptors (Lipinski definition) is 5. The van der Waals surface area contributed by atoms with Crippen molar-refractivity contribution in [3.63, 3.8) is 0 Å². The molecule has 8 heteroatoms. The van der Waals surface area contributed by atoms with E-state index in [1.165, 1.54) is 30.1 Å². The minimum Gasteiger partial charge on any atom is -0.493 e. The first kappa shape index (κ1) is 16.8. The van der Waals surface area contributed by atoms with Gasteiger partial charge in [-0.15, -0.1) is 0 Å². The SMILES string of the molecule is Cc1nn(C)c(O)c1C(=O)c1ccc2nccc(OCC(F)F)c2c1. The molecule has 0 spiro atoms. The highest BCUT2D eigenvalue weighted by atomic mass is 19.3. The van der Waals surface area contributed by atoms with Gasteiger partial charge < -0.3 is 9.84 Å². The van der Waals surface area contributed by atoms with E-state index in [2.05, 4.69) is 10.1 Å². The Hall–Kier alpha value is -3.03. The molecule has 0 saturated carbocycles. The van der Waals surface area contributed by atoms with Crippen LogP contribution >= 0.6 is 0 Å². The van der Waals surface area contributed by atoms with Gasteiger partial charge in [0.15, 0.2) is 5.78 Å². The number of hydrogen-bond donors (Lipinski definition) is 1. The van der Waals surface area contributed by atoms with E-state index in [0.717, 1.165) is 0 Å². The van der Waals surface area contributed by atoms with Crippen LogP contribution in [0.2, 0.25) is 0 Å². The minimum absolute atomic E-state index is 0.0980. The van der Waals surface area contributed by atoms with Gasteiger partial charge in [0.1, 0.15) is 17.9 Å². The number of carbonyl (C=O) groups excluding carboxylic acids is 1. The smallest absolute Gasteiger partial charge is 0.272 e. The zero-order valence-corrected chi connectivity index (χ0v) is 13.5. The maximum Gasteiger partial charge on any atom is 0.272 e. The van der Waals surface area contributed by atoms with E-state index in [1.807, 2.05) is 0 Å². The fourth-order valence-electron chi connectivity index (χ4n) is 2.60. The lowest BCUT2D eigenvalue weighted by Gasteiger charge is -2.09. The highest BCUT2D eigenvalue weighted by molar-refractivity contribution is 6.12. The third-order valence-electron chi connectivity index (χ3n) is 3.75. The zero-order chi connectivity index (χ0) is 18.1. The third kappa shape index (κ3) is 3.15. The molecule has 0 atom stereocenters. The van der Waals surface area contributed by atoms with Crippen LogP contribution in [0.1, 0.15) is 21.6 Å². The largest absolute Gasteiger partial charge is 0.493 e. The van der Waals surface area contributed by atoms with Crippen LogP contribution in [0.15, 0.2) is 30.5 Å². The van der Waals surface area contributed by atoms with Gasteiger partial charge in [-0.3, -0.25) is 9.78 Å². The van der Waals surface area contributed by atoms with Crippen LogP contribution in [0.4, 0.5) is 8.78 Å². The molecular weight excluding hydrogens is 332 g/mol. The Bertz CT molecular complexity index is 954. The molecule has 0 aliphatic carbocycles. The first-order valence-corrected chi connectivity index (χ1v) is 7.45. The number of nitrogens with zero attached hydrogens (tertiary/aromatic N) is 3. The van der Waals surface area contributed by atoms with Crippen molar-refractivity contribution in [2.24, 2.45) is 7.05 Å². The fraction of sp³-hybridized carbons (Fsp3) is 0.235. The predicted octanol–water partition coefficient (Wildman–Crippen LogP) is 2.86. The summed E-state index contributed by atoms with van der Waals surface area (Å²) in [6, 6.07) is 6.13. The van der Waals surface area contributed by atoms with E-state index in [4.69, 9.17) is 4.74 Å². The maximum absolute atomic E-state index is 12.7. The molecule has 1 aromatic carbocycles. The molecule has 2 heterocycles. The minimum atomic E-state index is -2.61. The molecular formula is C17H15F2N3O3. The van der Waals surface area contributed by atoms with Crippen molar-refractivity contribution in [2.45, 2.75) is 13.3 Å². The Morgan fingerprint density at radius 3 is 2.76 bits per heavy atom. The number of fused-ring (bicyclic) bond motifs is 1. The first-order chi connectivity index (χ1) is 11.9. The Morgan fingerprint density at radius 1 is 1.36 bits per heavy atom. The van der Waals surface area contributed by atoms with E-state index >= 15 is 0 Å². The van der Waals surface area contributed by atoms with Crippen molar-refractivity contribution in [1.82, 2.24) is 14.8 Å². The van der Waals surface area contributed by atoms with Gasteiger partial charge in [0.2, 0.25) is 5.88 Å². The molecule has 2 aromatic heterocycles. The number of ether oxygens (including phenoxy) is 1.